The van der Waals surface area contributed by atoms with E-state index in [1.54, 1.807) is 0 Å². The largest absolute Gasteiger partial charge is 0.351 e. The first kappa shape index (κ1) is 30.0. The maximum Gasteiger partial charge on any atom is 0.227 e. The summed E-state index contributed by atoms with van der Waals surface area (Å²) in [4.78, 5) is 32.0. The van der Waals surface area contributed by atoms with Crippen molar-refractivity contribution in [3.8, 4) is 0 Å². The lowest BCUT2D eigenvalue weighted by atomic mass is 9.63. The summed E-state index contributed by atoms with van der Waals surface area (Å²) >= 11 is 0. The van der Waals surface area contributed by atoms with E-state index < -0.39 is 17.0 Å². The van der Waals surface area contributed by atoms with Crippen molar-refractivity contribution in [3.63, 3.8) is 0 Å². The first-order valence-electron chi connectivity index (χ1n) is 15.0. The van der Waals surface area contributed by atoms with Crippen LogP contribution in [0.5, 0.6) is 0 Å². The van der Waals surface area contributed by atoms with Crippen molar-refractivity contribution < 1.29 is 18.4 Å². The summed E-state index contributed by atoms with van der Waals surface area (Å²) in [6.45, 7) is 14.9. The van der Waals surface area contributed by atoms with Gasteiger partial charge in [-0.1, -0.05) is 25.3 Å². The molecule has 2 atom stereocenters. The van der Waals surface area contributed by atoms with Crippen LogP contribution in [-0.2, 0) is 9.59 Å². The minimum Gasteiger partial charge on any atom is -0.351 e. The lowest BCUT2D eigenvalue weighted by molar-refractivity contribution is -0.149. The number of amides is 2. The lowest BCUT2D eigenvalue weighted by Gasteiger charge is -2.49. The van der Waals surface area contributed by atoms with Gasteiger partial charge in [-0.05, 0) is 97.7 Å². The molecule has 1 saturated carbocycles. The standard InChI is InChI=1S/C32H49F2N3O2/c1-30(2,3)35-29(39)32(22-10-8-7-9-11-22)15-18-36(19-16-32)28(38)25-14-17-37(31(4,5)6)21-26(25)24-13-12-23(33)20-27(24)34/h12-13,20,22,25-26H,7-11,14-19,21H2,1-6H3,(H,35,39)/t25-,26+/m1/s1. The second-order valence-electron chi connectivity index (χ2n) is 14.3. The molecule has 4 rings (SSSR count). The van der Waals surface area contributed by atoms with Crippen LogP contribution in [0.4, 0.5) is 8.78 Å². The van der Waals surface area contributed by atoms with Crippen LogP contribution >= 0.6 is 0 Å². The fourth-order valence-corrected chi connectivity index (χ4v) is 7.28. The monoisotopic (exact) mass is 545 g/mol. The van der Waals surface area contributed by atoms with Gasteiger partial charge in [0.05, 0.1) is 5.41 Å². The predicted octanol–water partition coefficient (Wildman–Crippen LogP) is 6.27. The molecule has 1 aromatic carbocycles. The van der Waals surface area contributed by atoms with Crippen LogP contribution in [0.2, 0.25) is 0 Å². The molecule has 2 saturated heterocycles. The molecule has 2 aliphatic heterocycles. The van der Waals surface area contributed by atoms with E-state index >= 15 is 4.39 Å². The van der Waals surface area contributed by atoms with Gasteiger partial charge in [0, 0.05) is 48.6 Å². The number of carbonyl (C=O) groups excluding carboxylic acids is 2. The number of halogens is 2. The van der Waals surface area contributed by atoms with Crippen molar-refractivity contribution in [2.75, 3.05) is 26.2 Å². The second kappa shape index (κ2) is 11.5. The number of hydrogen-bond acceptors (Lipinski definition) is 3. The number of nitrogens with zero attached hydrogens (tertiary/aromatic N) is 2. The summed E-state index contributed by atoms with van der Waals surface area (Å²) in [5, 5.41) is 3.27. The van der Waals surface area contributed by atoms with Crippen LogP contribution in [0.3, 0.4) is 0 Å². The van der Waals surface area contributed by atoms with Crippen molar-refractivity contribution in [2.24, 2.45) is 17.3 Å². The number of hydrogen-bond donors (Lipinski definition) is 1. The highest BCUT2D eigenvalue weighted by Gasteiger charge is 2.50. The Bertz CT molecular complexity index is 1030. The Hall–Kier alpha value is -2.02. The topological polar surface area (TPSA) is 52.7 Å². The molecule has 7 heteroatoms. The zero-order valence-electron chi connectivity index (χ0n) is 24.9. The van der Waals surface area contributed by atoms with E-state index in [4.69, 9.17) is 0 Å². The first-order valence-corrected chi connectivity index (χ1v) is 15.0. The maximum atomic E-state index is 15.0. The molecule has 2 heterocycles. The Kier molecular flexibility index (Phi) is 8.80. The Labute approximate surface area is 234 Å². The normalized spacial score (nSPS) is 25.4. The highest BCUT2D eigenvalue weighted by molar-refractivity contribution is 5.85. The molecule has 0 spiro atoms. The molecule has 2 amide bonds. The molecule has 0 bridgehead atoms. The van der Waals surface area contributed by atoms with Crippen LogP contribution < -0.4 is 5.32 Å². The number of carbonyl (C=O) groups is 2. The van der Waals surface area contributed by atoms with E-state index in [-0.39, 0.29) is 34.7 Å². The quantitative estimate of drug-likeness (QED) is 0.485. The van der Waals surface area contributed by atoms with E-state index in [1.165, 1.54) is 18.6 Å². The molecule has 3 fully saturated rings. The SMILES string of the molecule is CC(C)(C)NC(=O)C1(C2CCCCC2)CCN(C(=O)[C@@H]2CCN(C(C)(C)C)C[C@H]2c2ccc(F)cc2F)CC1. The summed E-state index contributed by atoms with van der Waals surface area (Å²) in [6.07, 6.45) is 7.66. The molecule has 218 valence electrons. The van der Waals surface area contributed by atoms with Crippen molar-refractivity contribution >= 4 is 11.8 Å². The zero-order valence-corrected chi connectivity index (χ0v) is 24.9. The molecule has 0 radical (unpaired) electrons. The molecular weight excluding hydrogens is 496 g/mol. The molecule has 0 aromatic heterocycles. The van der Waals surface area contributed by atoms with Gasteiger partial charge in [-0.3, -0.25) is 14.5 Å². The van der Waals surface area contributed by atoms with Gasteiger partial charge in [-0.2, -0.15) is 0 Å². The van der Waals surface area contributed by atoms with Gasteiger partial charge in [-0.25, -0.2) is 8.78 Å². The number of piperidine rings is 2. The van der Waals surface area contributed by atoms with E-state index in [0.717, 1.165) is 38.3 Å². The Morgan fingerprint density at radius 3 is 2.13 bits per heavy atom. The second-order valence-corrected chi connectivity index (χ2v) is 14.3. The van der Waals surface area contributed by atoms with Crippen molar-refractivity contribution in [1.29, 1.82) is 0 Å². The van der Waals surface area contributed by atoms with Crippen molar-refractivity contribution in [2.45, 2.75) is 110 Å². The summed E-state index contributed by atoms with van der Waals surface area (Å²) < 4.78 is 28.8. The fourth-order valence-electron chi connectivity index (χ4n) is 7.28. The van der Waals surface area contributed by atoms with Crippen LogP contribution in [0.1, 0.15) is 104 Å². The summed E-state index contributed by atoms with van der Waals surface area (Å²) in [5.41, 5.74) is -0.447. The van der Waals surface area contributed by atoms with Gasteiger partial charge >= 0.3 is 0 Å². The van der Waals surface area contributed by atoms with E-state index in [2.05, 4.69) is 31.0 Å². The zero-order chi connectivity index (χ0) is 28.6. The van der Waals surface area contributed by atoms with Gasteiger partial charge in [0.25, 0.3) is 0 Å². The molecule has 3 aliphatic rings. The Morgan fingerprint density at radius 2 is 1.56 bits per heavy atom. The molecule has 0 unspecified atom stereocenters. The average Bonchev–Trinajstić information content (AvgIpc) is 2.87. The summed E-state index contributed by atoms with van der Waals surface area (Å²) in [5.74, 6) is -1.37. The summed E-state index contributed by atoms with van der Waals surface area (Å²) in [6, 6.07) is 3.74. The third kappa shape index (κ3) is 6.66. The highest BCUT2D eigenvalue weighted by Crippen LogP contribution is 2.47. The van der Waals surface area contributed by atoms with E-state index in [0.29, 0.717) is 50.4 Å². The maximum absolute atomic E-state index is 15.0. The molecule has 1 aromatic rings. The predicted molar refractivity (Wildman–Crippen MR) is 151 cm³/mol. The van der Waals surface area contributed by atoms with Gasteiger partial charge in [-0.15, -0.1) is 0 Å². The third-order valence-electron chi connectivity index (χ3n) is 9.54. The smallest absolute Gasteiger partial charge is 0.227 e. The number of rotatable bonds is 4. The minimum atomic E-state index is -0.605. The van der Waals surface area contributed by atoms with Crippen molar-refractivity contribution in [1.82, 2.24) is 15.1 Å². The minimum absolute atomic E-state index is 0.0470. The number of nitrogens with one attached hydrogen (secondary N) is 1. The van der Waals surface area contributed by atoms with Crippen molar-refractivity contribution in [3.05, 3.63) is 35.4 Å². The van der Waals surface area contributed by atoms with Crippen LogP contribution in [0.25, 0.3) is 0 Å². The first-order chi connectivity index (χ1) is 18.2. The van der Waals surface area contributed by atoms with Gasteiger partial charge in [0.2, 0.25) is 11.8 Å². The van der Waals surface area contributed by atoms with Gasteiger partial charge in [0.15, 0.2) is 0 Å². The third-order valence-corrected chi connectivity index (χ3v) is 9.54. The fraction of sp³-hybridized carbons (Fsp3) is 0.750. The van der Waals surface area contributed by atoms with Crippen LogP contribution in [0.15, 0.2) is 18.2 Å². The van der Waals surface area contributed by atoms with Crippen LogP contribution in [0, 0.1) is 28.9 Å². The van der Waals surface area contributed by atoms with Crippen LogP contribution in [-0.4, -0.2) is 58.9 Å². The Morgan fingerprint density at radius 1 is 0.923 bits per heavy atom. The Balaban J connectivity index is 1.55. The lowest BCUT2D eigenvalue weighted by Crippen LogP contribution is -2.58. The number of likely N-dealkylation sites (tertiary alicyclic amines) is 2. The molecular formula is C32H49F2N3O2. The summed E-state index contributed by atoms with van der Waals surface area (Å²) in [7, 11) is 0. The molecule has 1 N–H and O–H groups in total. The molecule has 5 nitrogen and oxygen atoms in total. The molecule has 1 aliphatic carbocycles. The molecule has 39 heavy (non-hydrogen) atoms. The van der Waals surface area contributed by atoms with E-state index in [9.17, 15) is 14.0 Å². The number of benzene rings is 1. The highest BCUT2D eigenvalue weighted by atomic mass is 19.1. The van der Waals surface area contributed by atoms with Gasteiger partial charge < -0.3 is 10.2 Å². The average molecular weight is 546 g/mol. The van der Waals surface area contributed by atoms with Gasteiger partial charge in [0.1, 0.15) is 11.6 Å². The van der Waals surface area contributed by atoms with E-state index in [1.807, 2.05) is 25.7 Å².